The van der Waals surface area contributed by atoms with Gasteiger partial charge in [-0.1, -0.05) is 64.1 Å². The van der Waals surface area contributed by atoms with Gasteiger partial charge in [-0.2, -0.15) is 0 Å². The van der Waals surface area contributed by atoms with Gasteiger partial charge in [-0.25, -0.2) is 4.79 Å². The molecule has 12 nitrogen and oxygen atoms in total. The molecule has 2 aliphatic rings. The number of carbonyl (C=O) groups is 6. The third-order valence-corrected chi connectivity index (χ3v) is 8.90. The first-order chi connectivity index (χ1) is 22.8. The van der Waals surface area contributed by atoms with Crippen molar-refractivity contribution in [2.24, 2.45) is 23.2 Å². The summed E-state index contributed by atoms with van der Waals surface area (Å²) in [4.78, 5) is 76.8. The van der Waals surface area contributed by atoms with Crippen LogP contribution in [0.4, 0.5) is 0 Å². The molecule has 1 aromatic rings. The van der Waals surface area contributed by atoms with E-state index in [1.807, 2.05) is 6.92 Å². The van der Waals surface area contributed by atoms with Gasteiger partial charge in [0.15, 0.2) is 23.9 Å². The van der Waals surface area contributed by atoms with Crippen molar-refractivity contribution < 1.29 is 57.2 Å². The number of benzene rings is 1. The van der Waals surface area contributed by atoms with E-state index in [9.17, 15) is 28.8 Å². The van der Waals surface area contributed by atoms with Gasteiger partial charge in [0.25, 0.3) is 0 Å². The Bertz CT molecular complexity index is 1480. The summed E-state index contributed by atoms with van der Waals surface area (Å²) in [6.45, 7) is 14.8. The molecule has 1 aromatic carbocycles. The standard InChI is InChI=1S/C37H48O12/c1-20-16-17-36(9,10)34(47-26(7)41)32(45-24(5)39)31(44-23(4)38)21(2)18-29-30(48-35(43)28-14-12-11-13-15-28)22(3)19-37(29,49-27(8)42)33(20)46-25(6)40/h11-18,20,22,29-34H,19H2,1-10H3/b17-16-,21-18+/t20-,22+,29-,30-,31-,32-,33-,34?,37+/m0/s1. The van der Waals surface area contributed by atoms with Crippen molar-refractivity contribution in [1.29, 1.82) is 0 Å². The number of esters is 6. The van der Waals surface area contributed by atoms with E-state index in [0.29, 0.717) is 11.1 Å². The van der Waals surface area contributed by atoms with E-state index in [1.54, 1.807) is 76.3 Å². The molecule has 0 aromatic heterocycles. The summed E-state index contributed by atoms with van der Waals surface area (Å²) in [5, 5.41) is 0. The van der Waals surface area contributed by atoms with E-state index in [1.165, 1.54) is 34.6 Å². The van der Waals surface area contributed by atoms with E-state index >= 15 is 0 Å². The summed E-state index contributed by atoms with van der Waals surface area (Å²) in [6, 6.07) is 8.37. The summed E-state index contributed by atoms with van der Waals surface area (Å²) in [5.74, 6) is -6.08. The van der Waals surface area contributed by atoms with Gasteiger partial charge in [-0.15, -0.1) is 0 Å². The average molecular weight is 685 g/mol. The van der Waals surface area contributed by atoms with Crippen LogP contribution >= 0.6 is 0 Å². The lowest BCUT2D eigenvalue weighted by molar-refractivity contribution is -0.196. The van der Waals surface area contributed by atoms with Gasteiger partial charge in [0.1, 0.15) is 12.2 Å². The molecule has 12 heteroatoms. The molecule has 3 rings (SSSR count). The Labute approximate surface area is 287 Å². The van der Waals surface area contributed by atoms with Crippen LogP contribution in [-0.2, 0) is 52.4 Å². The maximum Gasteiger partial charge on any atom is 0.338 e. The highest BCUT2D eigenvalue weighted by molar-refractivity contribution is 5.89. The lowest BCUT2D eigenvalue weighted by Crippen LogP contribution is -2.56. The van der Waals surface area contributed by atoms with Crippen LogP contribution in [0.5, 0.6) is 0 Å². The molecule has 1 saturated carbocycles. The second kappa shape index (κ2) is 15.8. The first kappa shape index (κ1) is 39.0. The summed E-state index contributed by atoms with van der Waals surface area (Å²) >= 11 is 0. The van der Waals surface area contributed by atoms with Gasteiger partial charge >= 0.3 is 35.8 Å². The predicted molar refractivity (Wildman–Crippen MR) is 175 cm³/mol. The fourth-order valence-corrected chi connectivity index (χ4v) is 7.02. The fourth-order valence-electron chi connectivity index (χ4n) is 7.02. The predicted octanol–water partition coefficient (Wildman–Crippen LogP) is 5.08. The van der Waals surface area contributed by atoms with Gasteiger partial charge in [0, 0.05) is 46.0 Å². The van der Waals surface area contributed by atoms with Gasteiger partial charge < -0.3 is 28.4 Å². The van der Waals surface area contributed by atoms with Crippen LogP contribution < -0.4 is 0 Å². The van der Waals surface area contributed by atoms with E-state index in [2.05, 4.69) is 0 Å². The number of hydrogen-bond donors (Lipinski definition) is 0. The van der Waals surface area contributed by atoms with Gasteiger partial charge in [0.2, 0.25) is 0 Å². The second-order valence-corrected chi connectivity index (χ2v) is 13.6. The highest BCUT2D eigenvalue weighted by Crippen LogP contribution is 2.51. The Hall–Kier alpha value is -4.48. The molecule has 0 heterocycles. The average Bonchev–Trinajstić information content (AvgIpc) is 3.23. The smallest absolute Gasteiger partial charge is 0.338 e. The van der Waals surface area contributed by atoms with Crippen LogP contribution in [0.1, 0.15) is 86.0 Å². The lowest BCUT2D eigenvalue weighted by atomic mass is 9.74. The molecule has 0 N–H and O–H groups in total. The fraction of sp³-hybridized carbons (Fsp3) is 0.568. The molecule has 9 atom stereocenters. The quantitative estimate of drug-likeness (QED) is 0.214. The van der Waals surface area contributed by atoms with Crippen LogP contribution in [-0.4, -0.2) is 71.9 Å². The molecular formula is C37H48O12. The normalized spacial score (nSPS) is 32.7. The first-order valence-electron chi connectivity index (χ1n) is 16.3. The molecule has 0 spiro atoms. The first-order valence-corrected chi connectivity index (χ1v) is 16.3. The molecule has 0 bridgehead atoms. The number of hydrogen-bond acceptors (Lipinski definition) is 12. The minimum Gasteiger partial charge on any atom is -0.458 e. The van der Waals surface area contributed by atoms with E-state index in [0.717, 1.165) is 0 Å². The molecule has 0 aliphatic heterocycles. The topological polar surface area (TPSA) is 158 Å². The van der Waals surface area contributed by atoms with Crippen molar-refractivity contribution in [2.45, 2.75) is 112 Å². The number of rotatable bonds is 7. The second-order valence-electron chi connectivity index (χ2n) is 13.6. The maximum atomic E-state index is 13.5. The third kappa shape index (κ3) is 9.36. The molecule has 268 valence electrons. The van der Waals surface area contributed by atoms with Crippen LogP contribution in [0.3, 0.4) is 0 Å². The number of carbonyl (C=O) groups excluding carboxylic acids is 6. The molecule has 1 fully saturated rings. The minimum absolute atomic E-state index is 0.120. The van der Waals surface area contributed by atoms with Crippen molar-refractivity contribution in [3.05, 3.63) is 59.7 Å². The number of ether oxygens (including phenoxy) is 6. The van der Waals surface area contributed by atoms with E-state index in [4.69, 9.17) is 28.4 Å². The van der Waals surface area contributed by atoms with Crippen molar-refractivity contribution in [3.63, 3.8) is 0 Å². The van der Waals surface area contributed by atoms with Crippen LogP contribution in [0.2, 0.25) is 0 Å². The van der Waals surface area contributed by atoms with Crippen molar-refractivity contribution in [3.8, 4) is 0 Å². The molecular weight excluding hydrogens is 636 g/mol. The van der Waals surface area contributed by atoms with E-state index < -0.39 is 95.1 Å². The SMILES string of the molecule is CC(=O)OC1[C@@H](OC(C)=O)[C@@H](OC(C)=O)/C(C)=C/[C@H]2[C@@H](OC(=O)c3ccccc3)[C@H](C)C[C@]2(OC(C)=O)[C@@H](OC(C)=O)[C@@H](C)/C=C\C1(C)C. The van der Waals surface area contributed by atoms with Crippen LogP contribution in [0, 0.1) is 23.2 Å². The summed E-state index contributed by atoms with van der Waals surface area (Å²) in [6.07, 6.45) is -0.641. The van der Waals surface area contributed by atoms with Crippen LogP contribution in [0.25, 0.3) is 0 Å². The zero-order valence-electron chi connectivity index (χ0n) is 29.8. The zero-order valence-corrected chi connectivity index (χ0v) is 29.8. The summed E-state index contributed by atoms with van der Waals surface area (Å²) in [7, 11) is 0. The Morgan fingerprint density at radius 2 is 1.24 bits per heavy atom. The molecule has 0 amide bonds. The Morgan fingerprint density at radius 3 is 1.78 bits per heavy atom. The van der Waals surface area contributed by atoms with Crippen LogP contribution in [0.15, 0.2) is 54.1 Å². The van der Waals surface area contributed by atoms with Crippen molar-refractivity contribution >= 4 is 35.8 Å². The number of fused-ring (bicyclic) bond motifs is 1. The largest absolute Gasteiger partial charge is 0.458 e. The Balaban J connectivity index is 2.43. The highest BCUT2D eigenvalue weighted by atomic mass is 16.6. The molecule has 0 saturated heterocycles. The monoisotopic (exact) mass is 684 g/mol. The molecule has 1 unspecified atom stereocenters. The lowest BCUT2D eigenvalue weighted by Gasteiger charge is -2.44. The van der Waals surface area contributed by atoms with Crippen molar-refractivity contribution in [1.82, 2.24) is 0 Å². The Morgan fingerprint density at radius 1 is 0.694 bits per heavy atom. The van der Waals surface area contributed by atoms with E-state index in [-0.39, 0.29) is 6.42 Å². The van der Waals surface area contributed by atoms with Crippen molar-refractivity contribution in [2.75, 3.05) is 0 Å². The summed E-state index contributed by atoms with van der Waals surface area (Å²) < 4.78 is 35.8. The summed E-state index contributed by atoms with van der Waals surface area (Å²) in [5.41, 5.74) is -2.05. The molecule has 2 aliphatic carbocycles. The van der Waals surface area contributed by atoms with Gasteiger partial charge in [0.05, 0.1) is 11.5 Å². The van der Waals surface area contributed by atoms with Gasteiger partial charge in [-0.3, -0.25) is 24.0 Å². The zero-order chi connectivity index (χ0) is 36.8. The Kier molecular flexibility index (Phi) is 12.6. The maximum absolute atomic E-state index is 13.5. The highest BCUT2D eigenvalue weighted by Gasteiger charge is 2.62. The molecule has 0 radical (unpaired) electrons. The third-order valence-electron chi connectivity index (χ3n) is 8.90. The van der Waals surface area contributed by atoms with Gasteiger partial charge in [-0.05, 0) is 37.0 Å². The minimum atomic E-state index is -1.58. The molecule has 49 heavy (non-hydrogen) atoms.